The van der Waals surface area contributed by atoms with Crippen LogP contribution >= 0.6 is 12.5 Å². The summed E-state index contributed by atoms with van der Waals surface area (Å²) >= 11 is 4.21. The van der Waals surface area contributed by atoms with Crippen molar-refractivity contribution in [2.45, 2.75) is 77.5 Å². The predicted molar refractivity (Wildman–Crippen MR) is 87.1 cm³/mol. The average Bonchev–Trinajstić information content (AvgIpc) is 2.21. The van der Waals surface area contributed by atoms with Crippen molar-refractivity contribution >= 4 is 78.2 Å². The van der Waals surface area contributed by atoms with Crippen LogP contribution < -0.4 is 0 Å². The van der Waals surface area contributed by atoms with Crippen LogP contribution in [0.25, 0.3) is 0 Å². The van der Waals surface area contributed by atoms with E-state index in [9.17, 15) is 0 Å². The average molecular weight is 262 g/mol. The molecule has 0 atom stereocenters. The topological polar surface area (TPSA) is 0 Å². The summed E-state index contributed by atoms with van der Waals surface area (Å²) in [5.41, 5.74) is 0. The van der Waals surface area contributed by atoms with E-state index in [4.69, 9.17) is 0 Å². The van der Waals surface area contributed by atoms with E-state index in [0.29, 0.717) is 0 Å². The van der Waals surface area contributed by atoms with Crippen LogP contribution in [0.15, 0.2) is 0 Å². The molecule has 0 saturated heterocycles. The zero-order valence-electron chi connectivity index (χ0n) is 9.93. The van der Waals surface area contributed by atoms with E-state index in [1.807, 2.05) is 0 Å². The van der Waals surface area contributed by atoms with Crippen molar-refractivity contribution in [2.24, 2.45) is 0 Å². The Bertz CT molecular complexity index is 93.0. The van der Waals surface area contributed by atoms with Gasteiger partial charge >= 0.3 is 59.1 Å². The zero-order chi connectivity index (χ0) is 10.5. The standard InChI is InChI=1S/C12H27BS.2Na.2H/c1-2-3-4-5-6-7-8-9-10-11-12-13-14;;;;/h13-14H,2-12H2,1H3;;;;. The number of thiol groups is 1. The zero-order valence-corrected chi connectivity index (χ0v) is 10.8. The molecule has 0 radical (unpaired) electrons. The molecule has 0 amide bonds. The first-order chi connectivity index (χ1) is 6.91. The van der Waals surface area contributed by atoms with Gasteiger partial charge in [0, 0.05) is 0 Å². The van der Waals surface area contributed by atoms with Gasteiger partial charge in [-0.05, 0) is 0 Å². The Hall–Kier alpha value is 2.41. The van der Waals surface area contributed by atoms with Crippen molar-refractivity contribution in [3.63, 3.8) is 0 Å². The summed E-state index contributed by atoms with van der Waals surface area (Å²) in [5.74, 6) is 0. The van der Waals surface area contributed by atoms with Gasteiger partial charge < -0.3 is 0 Å². The molecule has 0 aliphatic heterocycles. The van der Waals surface area contributed by atoms with Gasteiger partial charge in [0.2, 0.25) is 0 Å². The first kappa shape index (κ1) is 23.5. The molecular formula is C12H29BNa2S. The van der Waals surface area contributed by atoms with Crippen molar-refractivity contribution in [1.82, 2.24) is 0 Å². The van der Waals surface area contributed by atoms with E-state index in [2.05, 4.69) is 19.4 Å². The molecule has 0 aromatic carbocycles. The normalized spacial score (nSPS) is 9.12. The molecular weight excluding hydrogens is 233 g/mol. The fourth-order valence-electron chi connectivity index (χ4n) is 1.78. The van der Waals surface area contributed by atoms with Crippen LogP contribution in [0.4, 0.5) is 0 Å². The number of hydrogen-bond acceptors (Lipinski definition) is 1. The van der Waals surface area contributed by atoms with Gasteiger partial charge in [-0.3, -0.25) is 0 Å². The van der Waals surface area contributed by atoms with Gasteiger partial charge in [0.25, 0.3) is 0 Å². The molecule has 0 aliphatic rings. The molecule has 0 nitrogen and oxygen atoms in total. The van der Waals surface area contributed by atoms with Crippen LogP contribution in [-0.4, -0.2) is 65.7 Å². The minimum absolute atomic E-state index is 0. The molecule has 88 valence electrons. The fraction of sp³-hybridized carbons (Fsp3) is 1.00. The monoisotopic (exact) mass is 262 g/mol. The van der Waals surface area contributed by atoms with Crippen molar-refractivity contribution in [3.8, 4) is 0 Å². The van der Waals surface area contributed by atoms with Gasteiger partial charge in [-0.15, -0.1) is 0 Å². The van der Waals surface area contributed by atoms with Crippen molar-refractivity contribution in [3.05, 3.63) is 0 Å². The number of hydrogen-bond donors (Lipinski definition) is 1. The molecule has 4 heteroatoms. The molecule has 0 rings (SSSR count). The van der Waals surface area contributed by atoms with Crippen LogP contribution in [0.3, 0.4) is 0 Å². The second-order valence-electron chi connectivity index (χ2n) is 4.26. The minimum atomic E-state index is 0. The third-order valence-electron chi connectivity index (χ3n) is 2.76. The molecule has 0 spiro atoms. The van der Waals surface area contributed by atoms with Crippen LogP contribution in [0, 0.1) is 0 Å². The summed E-state index contributed by atoms with van der Waals surface area (Å²) in [5, 5.41) is 0. The molecule has 0 unspecified atom stereocenters. The van der Waals surface area contributed by atoms with Gasteiger partial charge in [0.15, 0.2) is 6.56 Å². The van der Waals surface area contributed by atoms with Gasteiger partial charge in [0.05, 0.1) is 0 Å². The Balaban J connectivity index is -0.000000845. The SMILES string of the molecule is CCCCCCCCCCCCBS.[NaH].[NaH]. The quantitative estimate of drug-likeness (QED) is 0.329. The van der Waals surface area contributed by atoms with Gasteiger partial charge in [-0.25, -0.2) is 12.5 Å². The Labute approximate surface area is 154 Å². The first-order valence-electron chi connectivity index (χ1n) is 6.52. The molecule has 0 saturated carbocycles. The van der Waals surface area contributed by atoms with E-state index < -0.39 is 0 Å². The van der Waals surface area contributed by atoms with Crippen LogP contribution in [0.1, 0.15) is 71.1 Å². The molecule has 0 aliphatic carbocycles. The molecule has 0 aromatic rings. The van der Waals surface area contributed by atoms with Gasteiger partial charge in [-0.1, -0.05) is 77.5 Å². The Morgan fingerprint density at radius 3 is 1.44 bits per heavy atom. The molecule has 0 aromatic heterocycles. The Morgan fingerprint density at radius 1 is 0.688 bits per heavy atom. The number of rotatable bonds is 11. The van der Waals surface area contributed by atoms with Crippen LogP contribution in [0.5, 0.6) is 0 Å². The Morgan fingerprint density at radius 2 is 1.06 bits per heavy atom. The van der Waals surface area contributed by atoms with Crippen molar-refractivity contribution in [2.75, 3.05) is 0 Å². The maximum absolute atomic E-state index is 4.21. The summed E-state index contributed by atoms with van der Waals surface area (Å²) in [6.07, 6.45) is 15.7. The summed E-state index contributed by atoms with van der Waals surface area (Å²) in [7, 11) is 0. The van der Waals surface area contributed by atoms with Gasteiger partial charge in [-0.2, -0.15) is 0 Å². The van der Waals surface area contributed by atoms with Crippen molar-refractivity contribution in [1.29, 1.82) is 0 Å². The van der Waals surface area contributed by atoms with Crippen molar-refractivity contribution < 1.29 is 0 Å². The van der Waals surface area contributed by atoms with E-state index in [-0.39, 0.29) is 59.1 Å². The summed E-state index contributed by atoms with van der Waals surface area (Å²) < 4.78 is 0. The second kappa shape index (κ2) is 22.6. The predicted octanol–water partition coefficient (Wildman–Crippen LogP) is 3.31. The molecule has 0 bridgehead atoms. The van der Waals surface area contributed by atoms with E-state index >= 15 is 0 Å². The summed E-state index contributed by atoms with van der Waals surface area (Å²) in [6, 6.07) is 0. The summed E-state index contributed by atoms with van der Waals surface area (Å²) in [4.78, 5) is 0. The first-order valence-corrected chi connectivity index (χ1v) is 7.16. The Kier molecular flexibility index (Phi) is 33.2. The van der Waals surface area contributed by atoms with Gasteiger partial charge in [0.1, 0.15) is 0 Å². The number of unbranched alkanes of at least 4 members (excludes halogenated alkanes) is 9. The molecule has 0 fully saturated rings. The third-order valence-corrected chi connectivity index (χ3v) is 3.08. The maximum atomic E-state index is 4.21. The van der Waals surface area contributed by atoms with E-state index in [1.165, 1.54) is 70.5 Å². The van der Waals surface area contributed by atoms with Crippen LogP contribution in [0.2, 0.25) is 6.32 Å². The fourth-order valence-corrected chi connectivity index (χ4v) is 2.00. The molecule has 0 heterocycles. The van der Waals surface area contributed by atoms with E-state index in [0.717, 1.165) is 6.56 Å². The molecule has 0 N–H and O–H groups in total. The third kappa shape index (κ3) is 21.7. The van der Waals surface area contributed by atoms with Crippen LogP contribution in [-0.2, 0) is 0 Å². The summed E-state index contributed by atoms with van der Waals surface area (Å²) in [6.45, 7) is 3.35. The second-order valence-corrected chi connectivity index (χ2v) is 4.71. The van der Waals surface area contributed by atoms with E-state index in [1.54, 1.807) is 0 Å². The molecule has 16 heavy (non-hydrogen) atoms.